The van der Waals surface area contributed by atoms with Gasteiger partial charge in [0.15, 0.2) is 0 Å². The topological polar surface area (TPSA) is 78.0 Å². The third-order valence-electron chi connectivity index (χ3n) is 7.09. The predicted octanol–water partition coefficient (Wildman–Crippen LogP) is 3.82. The van der Waals surface area contributed by atoms with Crippen LogP contribution in [0.4, 0.5) is 5.69 Å². The molecule has 0 radical (unpaired) electrons. The number of sulfonamides is 1. The molecule has 2 aliphatic rings. The van der Waals surface area contributed by atoms with Gasteiger partial charge in [0.25, 0.3) is 0 Å². The number of carbonyl (C=O) groups excluding carboxylic acids is 2. The summed E-state index contributed by atoms with van der Waals surface area (Å²) in [4.78, 5) is 29.2. The first-order valence-electron chi connectivity index (χ1n) is 12.4. The first-order valence-corrected chi connectivity index (χ1v) is 13.9. The molecule has 0 aromatic heterocycles. The molecule has 8 heteroatoms. The van der Waals surface area contributed by atoms with Gasteiger partial charge in [-0.15, -0.1) is 0 Å². The Hall–Kier alpha value is -2.71. The van der Waals surface area contributed by atoms with Crippen molar-refractivity contribution in [2.45, 2.75) is 63.9 Å². The van der Waals surface area contributed by atoms with Gasteiger partial charge in [0.05, 0.1) is 4.90 Å². The van der Waals surface area contributed by atoms with Crippen molar-refractivity contribution in [1.29, 1.82) is 0 Å². The molecule has 2 aromatic carbocycles. The summed E-state index contributed by atoms with van der Waals surface area (Å²) in [5.41, 5.74) is 2.79. The second kappa shape index (κ2) is 10.5. The summed E-state index contributed by atoms with van der Waals surface area (Å²) < 4.78 is 28.3. The van der Waals surface area contributed by atoms with Crippen LogP contribution in [0.3, 0.4) is 0 Å². The molecule has 1 fully saturated rings. The lowest BCUT2D eigenvalue weighted by Gasteiger charge is -2.35. The number of piperidine rings is 1. The third kappa shape index (κ3) is 5.43. The van der Waals surface area contributed by atoms with Crippen molar-refractivity contribution in [3.05, 3.63) is 59.7 Å². The van der Waals surface area contributed by atoms with Crippen LogP contribution in [0.1, 0.15) is 51.2 Å². The van der Waals surface area contributed by atoms with Gasteiger partial charge in [-0.1, -0.05) is 30.3 Å². The molecule has 35 heavy (non-hydrogen) atoms. The third-order valence-corrected chi connectivity index (χ3v) is 8.99. The molecule has 2 aromatic rings. The van der Waals surface area contributed by atoms with E-state index in [4.69, 9.17) is 0 Å². The van der Waals surface area contributed by atoms with Gasteiger partial charge in [0, 0.05) is 50.7 Å². The molecule has 188 valence electrons. The molecule has 0 atom stereocenters. The smallest absolute Gasteiger partial charge is 0.243 e. The van der Waals surface area contributed by atoms with Crippen molar-refractivity contribution in [2.24, 2.45) is 5.92 Å². The molecule has 0 bridgehead atoms. The van der Waals surface area contributed by atoms with E-state index in [-0.39, 0.29) is 28.7 Å². The maximum Gasteiger partial charge on any atom is 0.243 e. The van der Waals surface area contributed by atoms with Gasteiger partial charge in [-0.3, -0.25) is 9.59 Å². The highest BCUT2D eigenvalue weighted by Crippen LogP contribution is 2.32. The number of amides is 2. The molecule has 2 heterocycles. The van der Waals surface area contributed by atoms with Gasteiger partial charge in [-0.25, -0.2) is 8.42 Å². The minimum Gasteiger partial charge on any atom is -0.336 e. The Morgan fingerprint density at radius 3 is 2.34 bits per heavy atom. The van der Waals surface area contributed by atoms with E-state index < -0.39 is 10.0 Å². The average molecular weight is 498 g/mol. The molecule has 0 aliphatic carbocycles. The summed E-state index contributed by atoms with van der Waals surface area (Å²) in [5.74, 6) is -0.116. The second-order valence-corrected chi connectivity index (χ2v) is 11.7. The number of nitrogens with zero attached hydrogens (tertiary/aromatic N) is 3. The number of hydrogen-bond acceptors (Lipinski definition) is 4. The van der Waals surface area contributed by atoms with Gasteiger partial charge >= 0.3 is 0 Å². The summed E-state index contributed by atoms with van der Waals surface area (Å²) in [6, 6.07) is 15.1. The first-order chi connectivity index (χ1) is 16.7. The molecule has 0 saturated carbocycles. The minimum atomic E-state index is -3.66. The van der Waals surface area contributed by atoms with Crippen molar-refractivity contribution in [3.8, 4) is 0 Å². The zero-order valence-corrected chi connectivity index (χ0v) is 21.6. The molecule has 0 unspecified atom stereocenters. The average Bonchev–Trinajstić information content (AvgIpc) is 2.86. The molecule has 0 N–H and O–H groups in total. The van der Waals surface area contributed by atoms with E-state index >= 15 is 0 Å². The highest BCUT2D eigenvalue weighted by Gasteiger charge is 2.35. The van der Waals surface area contributed by atoms with Gasteiger partial charge in [0.1, 0.15) is 0 Å². The van der Waals surface area contributed by atoms with Crippen LogP contribution in [-0.2, 0) is 32.6 Å². The Bertz CT molecular complexity index is 1170. The Labute approximate surface area is 208 Å². The summed E-state index contributed by atoms with van der Waals surface area (Å²) >= 11 is 0. The van der Waals surface area contributed by atoms with Crippen LogP contribution in [0.15, 0.2) is 53.4 Å². The number of hydrogen-bond donors (Lipinski definition) is 0. The Morgan fingerprint density at radius 2 is 1.71 bits per heavy atom. The maximum absolute atomic E-state index is 13.4. The Kier molecular flexibility index (Phi) is 7.62. The number of anilines is 1. The number of rotatable bonds is 6. The van der Waals surface area contributed by atoms with Crippen LogP contribution in [0.25, 0.3) is 0 Å². The highest BCUT2D eigenvalue weighted by atomic mass is 32.2. The minimum absolute atomic E-state index is 0.0315. The van der Waals surface area contributed by atoms with Crippen molar-refractivity contribution < 1.29 is 18.0 Å². The quantitative estimate of drug-likeness (QED) is 0.608. The zero-order chi connectivity index (χ0) is 25.2. The van der Waals surface area contributed by atoms with Crippen molar-refractivity contribution in [1.82, 2.24) is 9.21 Å². The van der Waals surface area contributed by atoms with Crippen LogP contribution in [-0.4, -0.2) is 55.1 Å². The standard InChI is InChI=1S/C27H35N3O4S/c1-20(2)30(19-22-8-5-4-6-9-22)27(32)23-13-16-28(17-14-23)35(33,34)25-11-12-26-24(18-25)10-7-15-29(26)21(3)31/h4-6,8-9,11-12,18,20,23H,7,10,13-17,19H2,1-3H3. The Balaban J connectivity index is 1.44. The zero-order valence-electron chi connectivity index (χ0n) is 20.8. The highest BCUT2D eigenvalue weighted by molar-refractivity contribution is 7.89. The molecule has 0 spiro atoms. The summed E-state index contributed by atoms with van der Waals surface area (Å²) in [5, 5.41) is 0. The summed E-state index contributed by atoms with van der Waals surface area (Å²) in [6.45, 7) is 7.44. The van der Waals surface area contributed by atoms with E-state index in [0.29, 0.717) is 39.0 Å². The second-order valence-electron chi connectivity index (χ2n) is 9.79. The molecule has 2 amide bonds. The fourth-order valence-electron chi connectivity index (χ4n) is 5.08. The fourth-order valence-corrected chi connectivity index (χ4v) is 6.60. The number of benzene rings is 2. The molecule has 4 rings (SSSR count). The molecular formula is C27H35N3O4S. The molecular weight excluding hydrogens is 462 g/mol. The van der Waals surface area contributed by atoms with Gasteiger partial charge < -0.3 is 9.80 Å². The maximum atomic E-state index is 13.4. The first kappa shape index (κ1) is 25.4. The van der Waals surface area contributed by atoms with Crippen molar-refractivity contribution >= 4 is 27.5 Å². The normalized spacial score (nSPS) is 17.3. The van der Waals surface area contributed by atoms with E-state index in [0.717, 1.165) is 29.7 Å². The molecule has 1 saturated heterocycles. The van der Waals surface area contributed by atoms with Gasteiger partial charge in [0.2, 0.25) is 21.8 Å². The van der Waals surface area contributed by atoms with Crippen LogP contribution in [0, 0.1) is 5.92 Å². The lowest BCUT2D eigenvalue weighted by atomic mass is 9.95. The molecule has 2 aliphatic heterocycles. The largest absolute Gasteiger partial charge is 0.336 e. The lowest BCUT2D eigenvalue weighted by molar-refractivity contribution is -0.139. The fraction of sp³-hybridized carbons (Fsp3) is 0.481. The molecule has 7 nitrogen and oxygen atoms in total. The SMILES string of the molecule is CC(=O)N1CCCc2cc(S(=O)(=O)N3CCC(C(=O)N(Cc4ccccc4)C(C)C)CC3)ccc21. The summed E-state index contributed by atoms with van der Waals surface area (Å²) in [7, 11) is -3.66. The van der Waals surface area contributed by atoms with E-state index in [1.807, 2.05) is 49.1 Å². The van der Waals surface area contributed by atoms with Crippen LogP contribution in [0.5, 0.6) is 0 Å². The van der Waals surface area contributed by atoms with E-state index in [1.54, 1.807) is 23.1 Å². The van der Waals surface area contributed by atoms with Crippen LogP contribution < -0.4 is 4.90 Å². The van der Waals surface area contributed by atoms with Crippen LogP contribution in [0.2, 0.25) is 0 Å². The van der Waals surface area contributed by atoms with Crippen molar-refractivity contribution in [2.75, 3.05) is 24.5 Å². The van der Waals surface area contributed by atoms with Crippen molar-refractivity contribution in [3.63, 3.8) is 0 Å². The number of aryl methyl sites for hydroxylation is 1. The van der Waals surface area contributed by atoms with Gasteiger partial charge in [-0.2, -0.15) is 4.31 Å². The van der Waals surface area contributed by atoms with Crippen LogP contribution >= 0.6 is 0 Å². The number of carbonyl (C=O) groups is 2. The van der Waals surface area contributed by atoms with E-state index in [2.05, 4.69) is 0 Å². The van der Waals surface area contributed by atoms with E-state index in [9.17, 15) is 18.0 Å². The predicted molar refractivity (Wildman–Crippen MR) is 136 cm³/mol. The van der Waals surface area contributed by atoms with E-state index in [1.165, 1.54) is 11.2 Å². The summed E-state index contributed by atoms with van der Waals surface area (Å²) in [6.07, 6.45) is 2.60. The lowest BCUT2D eigenvalue weighted by Crippen LogP contribution is -2.46. The monoisotopic (exact) mass is 497 g/mol. The Morgan fingerprint density at radius 1 is 1.03 bits per heavy atom. The number of fused-ring (bicyclic) bond motifs is 1. The van der Waals surface area contributed by atoms with Gasteiger partial charge in [-0.05, 0) is 68.9 Å².